The average Bonchev–Trinajstić information content (AvgIpc) is 2.91. The zero-order chi connectivity index (χ0) is 14.7. The molecule has 0 spiro atoms. The summed E-state index contributed by atoms with van der Waals surface area (Å²) in [5.41, 5.74) is 1.37. The third kappa shape index (κ3) is 2.44. The summed E-state index contributed by atoms with van der Waals surface area (Å²) in [5, 5.41) is 10.6. The van der Waals surface area contributed by atoms with Gasteiger partial charge in [0.2, 0.25) is 0 Å². The van der Waals surface area contributed by atoms with E-state index in [2.05, 4.69) is 0 Å². The first-order valence-electron chi connectivity index (χ1n) is 6.14. The maximum Gasteiger partial charge on any atom is 0.144 e. The molecule has 1 aromatic heterocycles. The monoisotopic (exact) mass is 278 g/mol. The molecular formula is C15H18O5. The maximum atomic E-state index is 10.6. The number of ether oxygens (including phenoxy) is 3. The lowest BCUT2D eigenvalue weighted by Crippen LogP contribution is -2.06. The minimum Gasteiger partial charge on any atom is -0.496 e. The molecule has 5 heteroatoms. The van der Waals surface area contributed by atoms with Gasteiger partial charge in [0, 0.05) is 12.1 Å². The lowest BCUT2D eigenvalue weighted by molar-refractivity contribution is 0.179. The molecule has 2 aromatic rings. The highest BCUT2D eigenvalue weighted by molar-refractivity contribution is 5.53. The summed E-state index contributed by atoms with van der Waals surface area (Å²) in [7, 11) is 4.61. The van der Waals surface area contributed by atoms with Gasteiger partial charge in [0.1, 0.15) is 29.1 Å². The fourth-order valence-electron chi connectivity index (χ4n) is 2.10. The fourth-order valence-corrected chi connectivity index (χ4v) is 2.10. The van der Waals surface area contributed by atoms with Gasteiger partial charge in [-0.2, -0.15) is 0 Å². The number of furan rings is 1. The first-order valence-corrected chi connectivity index (χ1v) is 6.14. The zero-order valence-corrected chi connectivity index (χ0v) is 12.0. The van der Waals surface area contributed by atoms with Crippen LogP contribution in [0.2, 0.25) is 0 Å². The summed E-state index contributed by atoms with van der Waals surface area (Å²) < 4.78 is 21.2. The number of methoxy groups -OCH3 is 3. The van der Waals surface area contributed by atoms with Gasteiger partial charge >= 0.3 is 0 Å². The SMILES string of the molecule is COc1cc(OC)c(C(O)c2occc2C)c(OC)c1. The van der Waals surface area contributed by atoms with E-state index in [1.165, 1.54) is 20.5 Å². The molecule has 108 valence electrons. The van der Waals surface area contributed by atoms with Crippen molar-refractivity contribution in [3.8, 4) is 17.2 Å². The second-order valence-electron chi connectivity index (χ2n) is 4.32. The number of aliphatic hydroxyl groups is 1. The van der Waals surface area contributed by atoms with Crippen molar-refractivity contribution in [3.63, 3.8) is 0 Å². The van der Waals surface area contributed by atoms with Crippen molar-refractivity contribution < 1.29 is 23.7 Å². The van der Waals surface area contributed by atoms with E-state index in [0.717, 1.165) is 5.56 Å². The second kappa shape index (κ2) is 5.88. The van der Waals surface area contributed by atoms with Crippen molar-refractivity contribution in [2.75, 3.05) is 21.3 Å². The van der Waals surface area contributed by atoms with Gasteiger partial charge in [-0.15, -0.1) is 0 Å². The van der Waals surface area contributed by atoms with Crippen LogP contribution in [0.3, 0.4) is 0 Å². The molecule has 0 aliphatic rings. The van der Waals surface area contributed by atoms with Crippen LogP contribution in [0, 0.1) is 6.92 Å². The van der Waals surface area contributed by atoms with Crippen LogP contribution >= 0.6 is 0 Å². The van der Waals surface area contributed by atoms with Gasteiger partial charge in [-0.05, 0) is 18.6 Å². The molecule has 1 atom stereocenters. The molecule has 0 amide bonds. The zero-order valence-electron chi connectivity index (χ0n) is 12.0. The largest absolute Gasteiger partial charge is 0.496 e. The number of benzene rings is 1. The van der Waals surface area contributed by atoms with Crippen molar-refractivity contribution in [3.05, 3.63) is 41.3 Å². The Balaban J connectivity index is 2.57. The van der Waals surface area contributed by atoms with Crippen LogP contribution in [0.25, 0.3) is 0 Å². The van der Waals surface area contributed by atoms with Gasteiger partial charge in [-0.25, -0.2) is 0 Å². The van der Waals surface area contributed by atoms with Crippen LogP contribution in [-0.2, 0) is 0 Å². The van der Waals surface area contributed by atoms with Crippen molar-refractivity contribution in [1.29, 1.82) is 0 Å². The molecule has 5 nitrogen and oxygen atoms in total. The molecule has 0 fully saturated rings. The van der Waals surface area contributed by atoms with E-state index in [-0.39, 0.29) is 0 Å². The third-order valence-corrected chi connectivity index (χ3v) is 3.18. The van der Waals surface area contributed by atoms with Crippen LogP contribution in [0.4, 0.5) is 0 Å². The van der Waals surface area contributed by atoms with E-state index < -0.39 is 6.10 Å². The van der Waals surface area contributed by atoms with Crippen LogP contribution in [-0.4, -0.2) is 26.4 Å². The van der Waals surface area contributed by atoms with Crippen LogP contribution < -0.4 is 14.2 Å². The maximum absolute atomic E-state index is 10.6. The highest BCUT2D eigenvalue weighted by Crippen LogP contribution is 2.41. The van der Waals surface area contributed by atoms with Crippen LogP contribution in [0.5, 0.6) is 17.2 Å². The molecule has 0 radical (unpaired) electrons. The Hall–Kier alpha value is -2.14. The van der Waals surface area contributed by atoms with Crippen molar-refractivity contribution >= 4 is 0 Å². The Morgan fingerprint density at radius 1 is 1.05 bits per heavy atom. The fraction of sp³-hybridized carbons (Fsp3) is 0.333. The number of hydrogen-bond donors (Lipinski definition) is 1. The van der Waals surface area contributed by atoms with Gasteiger partial charge in [0.25, 0.3) is 0 Å². The summed E-state index contributed by atoms with van der Waals surface area (Å²) in [6.45, 7) is 1.87. The molecule has 2 rings (SSSR count). The summed E-state index contributed by atoms with van der Waals surface area (Å²) in [5.74, 6) is 2.01. The van der Waals surface area contributed by atoms with Gasteiger partial charge in [-0.3, -0.25) is 0 Å². The number of rotatable bonds is 5. The predicted molar refractivity (Wildman–Crippen MR) is 73.6 cm³/mol. The van der Waals surface area contributed by atoms with Crippen LogP contribution in [0.15, 0.2) is 28.9 Å². The Morgan fingerprint density at radius 3 is 2.05 bits per heavy atom. The quantitative estimate of drug-likeness (QED) is 0.911. The van der Waals surface area contributed by atoms with E-state index in [9.17, 15) is 5.11 Å². The first kappa shape index (κ1) is 14.3. The second-order valence-corrected chi connectivity index (χ2v) is 4.32. The van der Waals surface area contributed by atoms with E-state index in [1.54, 1.807) is 25.3 Å². The molecule has 1 unspecified atom stereocenters. The minimum absolute atomic E-state index is 0.465. The van der Waals surface area contributed by atoms with Crippen molar-refractivity contribution in [2.24, 2.45) is 0 Å². The minimum atomic E-state index is -0.971. The Morgan fingerprint density at radius 2 is 1.65 bits per heavy atom. The normalized spacial score (nSPS) is 12.1. The Bertz CT molecular complexity index is 563. The molecule has 1 aromatic carbocycles. The lowest BCUT2D eigenvalue weighted by atomic mass is 10.0. The van der Waals surface area contributed by atoms with E-state index in [4.69, 9.17) is 18.6 Å². The summed E-state index contributed by atoms with van der Waals surface area (Å²) in [6, 6.07) is 5.18. The highest BCUT2D eigenvalue weighted by atomic mass is 16.5. The van der Waals surface area contributed by atoms with Gasteiger partial charge in [-0.1, -0.05) is 0 Å². The molecule has 1 N–H and O–H groups in total. The van der Waals surface area contributed by atoms with Crippen molar-refractivity contribution in [1.82, 2.24) is 0 Å². The number of aliphatic hydroxyl groups excluding tert-OH is 1. The topological polar surface area (TPSA) is 61.1 Å². The molecule has 0 aliphatic carbocycles. The smallest absolute Gasteiger partial charge is 0.144 e. The van der Waals surface area contributed by atoms with E-state index >= 15 is 0 Å². The summed E-state index contributed by atoms with van der Waals surface area (Å²) >= 11 is 0. The summed E-state index contributed by atoms with van der Waals surface area (Å²) in [4.78, 5) is 0. The van der Waals surface area contributed by atoms with E-state index in [0.29, 0.717) is 28.6 Å². The number of aryl methyl sites for hydroxylation is 1. The standard InChI is InChI=1S/C15H18O5/c1-9-5-6-20-15(9)14(16)13-11(18-3)7-10(17-2)8-12(13)19-4/h5-8,14,16H,1-4H3. The average molecular weight is 278 g/mol. The highest BCUT2D eigenvalue weighted by Gasteiger charge is 2.25. The molecule has 20 heavy (non-hydrogen) atoms. The molecule has 0 bridgehead atoms. The lowest BCUT2D eigenvalue weighted by Gasteiger charge is -2.18. The third-order valence-electron chi connectivity index (χ3n) is 3.18. The molecule has 1 heterocycles. The summed E-state index contributed by atoms with van der Waals surface area (Å²) in [6.07, 6.45) is 0.567. The van der Waals surface area contributed by atoms with Gasteiger partial charge < -0.3 is 23.7 Å². The van der Waals surface area contributed by atoms with Gasteiger partial charge in [0.05, 0.1) is 33.2 Å². The Kier molecular flexibility index (Phi) is 4.20. The van der Waals surface area contributed by atoms with E-state index in [1.807, 2.05) is 6.92 Å². The van der Waals surface area contributed by atoms with Gasteiger partial charge in [0.15, 0.2) is 0 Å². The first-order chi connectivity index (χ1) is 9.62. The molecular weight excluding hydrogens is 260 g/mol. The van der Waals surface area contributed by atoms with Crippen molar-refractivity contribution in [2.45, 2.75) is 13.0 Å². The molecule has 0 saturated carbocycles. The predicted octanol–water partition coefficient (Wildman–Crippen LogP) is 2.70. The molecule has 0 saturated heterocycles. The van der Waals surface area contributed by atoms with Crippen LogP contribution in [0.1, 0.15) is 23.0 Å². The molecule has 0 aliphatic heterocycles. The number of hydrogen-bond acceptors (Lipinski definition) is 5. The Labute approximate surface area is 117 Å².